The molecule has 4 heteroatoms. The molecule has 0 radical (unpaired) electrons. The fourth-order valence-electron chi connectivity index (χ4n) is 2.95. The molecule has 0 N–H and O–H groups in total. The van der Waals surface area contributed by atoms with Crippen LogP contribution in [0.5, 0.6) is 0 Å². The fraction of sp³-hybridized carbons (Fsp3) is 0.867. The summed E-state index contributed by atoms with van der Waals surface area (Å²) in [5.74, 6) is 0.529. The zero-order valence-electron chi connectivity index (χ0n) is 11.9. The highest BCUT2D eigenvalue weighted by molar-refractivity contribution is 5.82. The van der Waals surface area contributed by atoms with Crippen LogP contribution in [0.1, 0.15) is 58.8 Å². The highest BCUT2D eigenvalue weighted by Gasteiger charge is 2.54. The van der Waals surface area contributed by atoms with Crippen LogP contribution >= 0.6 is 0 Å². The van der Waals surface area contributed by atoms with Crippen LogP contribution in [0.2, 0.25) is 0 Å². The van der Waals surface area contributed by atoms with E-state index in [4.69, 9.17) is 9.47 Å². The maximum atomic E-state index is 11.7. The molecule has 1 aliphatic carbocycles. The molecular formula is C15H24O4. The lowest BCUT2D eigenvalue weighted by Gasteiger charge is -2.21. The van der Waals surface area contributed by atoms with E-state index < -0.39 is 0 Å². The molecule has 1 saturated carbocycles. The van der Waals surface area contributed by atoms with Crippen molar-refractivity contribution in [3.05, 3.63) is 0 Å². The number of carbonyl (C=O) groups excluding carboxylic acids is 2. The van der Waals surface area contributed by atoms with Gasteiger partial charge in [-0.1, -0.05) is 0 Å². The van der Waals surface area contributed by atoms with Crippen LogP contribution in [-0.4, -0.2) is 30.1 Å². The third-order valence-corrected chi connectivity index (χ3v) is 4.38. The molecule has 0 aromatic rings. The number of hydrogen-bond donors (Lipinski definition) is 0. The smallest absolute Gasteiger partial charge is 0.306 e. The number of Topliss-reactive ketones (excluding diaryl/α,β-unsaturated/α-hetero) is 1. The topological polar surface area (TPSA) is 55.9 Å². The number of ketones is 1. The Morgan fingerprint density at radius 3 is 2.79 bits per heavy atom. The van der Waals surface area contributed by atoms with Gasteiger partial charge in [0.2, 0.25) is 0 Å². The Kier molecular flexibility index (Phi) is 4.61. The summed E-state index contributed by atoms with van der Waals surface area (Å²) in [6.45, 7) is 4.34. The van der Waals surface area contributed by atoms with Crippen LogP contribution in [0.4, 0.5) is 0 Å². The second-order valence-corrected chi connectivity index (χ2v) is 5.94. The lowest BCUT2D eigenvalue weighted by Crippen LogP contribution is -2.21. The maximum Gasteiger partial charge on any atom is 0.306 e. The second-order valence-electron chi connectivity index (χ2n) is 5.94. The molecule has 1 heterocycles. The first-order valence-corrected chi connectivity index (χ1v) is 7.38. The molecule has 3 unspecified atom stereocenters. The van der Waals surface area contributed by atoms with Crippen molar-refractivity contribution in [2.24, 2.45) is 5.92 Å². The summed E-state index contributed by atoms with van der Waals surface area (Å²) >= 11 is 0. The summed E-state index contributed by atoms with van der Waals surface area (Å²) in [5.41, 5.74) is 0.157. The minimum Gasteiger partial charge on any atom is -0.466 e. The average Bonchev–Trinajstić information content (AvgIpc) is 3.05. The van der Waals surface area contributed by atoms with Gasteiger partial charge in [0.05, 0.1) is 24.7 Å². The van der Waals surface area contributed by atoms with Gasteiger partial charge in [-0.05, 0) is 45.4 Å². The first kappa shape index (κ1) is 14.5. The van der Waals surface area contributed by atoms with Crippen LogP contribution in [0.3, 0.4) is 0 Å². The minimum absolute atomic E-state index is 0.157. The number of fused-ring (bicyclic) bond motifs is 1. The molecule has 0 amide bonds. The van der Waals surface area contributed by atoms with Crippen LogP contribution in [-0.2, 0) is 19.1 Å². The lowest BCUT2D eigenvalue weighted by atomic mass is 9.80. The van der Waals surface area contributed by atoms with E-state index in [1.165, 1.54) is 0 Å². The Bertz CT molecular complexity index is 352. The standard InChI is InChI=1S/C15H24O4/c1-3-18-14(17)7-6-12(16)5-4-11-8-9-15(2)13(10-11)19-15/h11,13H,3-10H2,1-2H3. The quantitative estimate of drug-likeness (QED) is 0.526. The van der Waals surface area contributed by atoms with Crippen molar-refractivity contribution in [1.82, 2.24) is 0 Å². The van der Waals surface area contributed by atoms with Gasteiger partial charge in [-0.2, -0.15) is 0 Å². The summed E-state index contributed by atoms with van der Waals surface area (Å²) in [5, 5.41) is 0. The SMILES string of the molecule is CCOC(=O)CCC(=O)CCC1CCC2(C)OC2C1. The second kappa shape index (κ2) is 6.04. The third-order valence-electron chi connectivity index (χ3n) is 4.38. The van der Waals surface area contributed by atoms with Gasteiger partial charge >= 0.3 is 5.97 Å². The van der Waals surface area contributed by atoms with Crippen molar-refractivity contribution in [3.8, 4) is 0 Å². The number of ether oxygens (including phenoxy) is 2. The zero-order valence-corrected chi connectivity index (χ0v) is 11.9. The Hall–Kier alpha value is -0.900. The molecule has 2 rings (SSSR count). The largest absolute Gasteiger partial charge is 0.466 e. The molecule has 0 aromatic heterocycles. The van der Waals surface area contributed by atoms with Crippen molar-refractivity contribution in [3.63, 3.8) is 0 Å². The number of esters is 1. The number of hydrogen-bond acceptors (Lipinski definition) is 4. The van der Waals surface area contributed by atoms with Crippen LogP contribution in [0.25, 0.3) is 0 Å². The summed E-state index contributed by atoms with van der Waals surface area (Å²) < 4.78 is 10.5. The predicted molar refractivity (Wildman–Crippen MR) is 70.7 cm³/mol. The summed E-state index contributed by atoms with van der Waals surface area (Å²) in [7, 11) is 0. The number of carbonyl (C=O) groups is 2. The van der Waals surface area contributed by atoms with Gasteiger partial charge in [-0.25, -0.2) is 0 Å². The van der Waals surface area contributed by atoms with Gasteiger partial charge in [0.15, 0.2) is 0 Å². The molecular weight excluding hydrogens is 244 g/mol. The van der Waals surface area contributed by atoms with Crippen molar-refractivity contribution in [2.75, 3.05) is 6.61 Å². The van der Waals surface area contributed by atoms with E-state index in [0.29, 0.717) is 31.5 Å². The molecule has 3 atom stereocenters. The summed E-state index contributed by atoms with van der Waals surface area (Å²) in [6.07, 6.45) is 5.90. The molecule has 1 aliphatic heterocycles. The van der Waals surface area contributed by atoms with E-state index in [1.54, 1.807) is 6.92 Å². The van der Waals surface area contributed by atoms with Gasteiger partial charge in [0, 0.05) is 12.8 Å². The number of epoxide rings is 1. The van der Waals surface area contributed by atoms with Crippen LogP contribution < -0.4 is 0 Å². The van der Waals surface area contributed by atoms with Gasteiger partial charge in [-0.3, -0.25) is 9.59 Å². The summed E-state index contributed by atoms with van der Waals surface area (Å²) in [6, 6.07) is 0. The molecule has 0 spiro atoms. The Morgan fingerprint density at radius 1 is 1.32 bits per heavy atom. The highest BCUT2D eigenvalue weighted by Crippen LogP contribution is 2.50. The Morgan fingerprint density at radius 2 is 2.11 bits per heavy atom. The van der Waals surface area contributed by atoms with E-state index >= 15 is 0 Å². The van der Waals surface area contributed by atoms with E-state index in [-0.39, 0.29) is 23.8 Å². The van der Waals surface area contributed by atoms with Gasteiger partial charge < -0.3 is 9.47 Å². The molecule has 2 fully saturated rings. The van der Waals surface area contributed by atoms with Gasteiger partial charge in [0.1, 0.15) is 5.78 Å². The first-order chi connectivity index (χ1) is 9.03. The third kappa shape index (κ3) is 4.03. The lowest BCUT2D eigenvalue weighted by molar-refractivity contribution is -0.144. The predicted octanol–water partition coefficient (Wildman–Crippen LogP) is 2.64. The zero-order chi connectivity index (χ0) is 13.9. The molecule has 19 heavy (non-hydrogen) atoms. The van der Waals surface area contributed by atoms with E-state index in [9.17, 15) is 9.59 Å². The minimum atomic E-state index is -0.268. The fourth-order valence-corrected chi connectivity index (χ4v) is 2.95. The molecule has 1 saturated heterocycles. The maximum absolute atomic E-state index is 11.7. The Balaban J connectivity index is 1.58. The van der Waals surface area contributed by atoms with E-state index in [0.717, 1.165) is 25.7 Å². The monoisotopic (exact) mass is 268 g/mol. The average molecular weight is 268 g/mol. The van der Waals surface area contributed by atoms with Crippen molar-refractivity contribution in [2.45, 2.75) is 70.5 Å². The van der Waals surface area contributed by atoms with Crippen molar-refractivity contribution < 1.29 is 19.1 Å². The summed E-state index contributed by atoms with van der Waals surface area (Å²) in [4.78, 5) is 22.9. The number of rotatable bonds is 7. The molecule has 108 valence electrons. The van der Waals surface area contributed by atoms with Gasteiger partial charge in [-0.15, -0.1) is 0 Å². The molecule has 2 aliphatic rings. The van der Waals surface area contributed by atoms with Gasteiger partial charge in [0.25, 0.3) is 0 Å². The van der Waals surface area contributed by atoms with E-state index in [1.807, 2.05) is 0 Å². The van der Waals surface area contributed by atoms with Crippen molar-refractivity contribution in [1.29, 1.82) is 0 Å². The first-order valence-electron chi connectivity index (χ1n) is 7.38. The van der Waals surface area contributed by atoms with Crippen LogP contribution in [0.15, 0.2) is 0 Å². The normalized spacial score (nSPS) is 32.5. The molecule has 0 bridgehead atoms. The molecule has 4 nitrogen and oxygen atoms in total. The van der Waals surface area contributed by atoms with Crippen molar-refractivity contribution >= 4 is 11.8 Å². The van der Waals surface area contributed by atoms with Crippen LogP contribution in [0, 0.1) is 5.92 Å². The van der Waals surface area contributed by atoms with E-state index in [2.05, 4.69) is 6.92 Å². The Labute approximate surface area is 114 Å². The molecule has 0 aromatic carbocycles. The highest BCUT2D eigenvalue weighted by atomic mass is 16.6.